The molecule has 1 aromatic heterocycles. The van der Waals surface area contributed by atoms with E-state index in [1.54, 1.807) is 0 Å². The van der Waals surface area contributed by atoms with Gasteiger partial charge in [-0.05, 0) is 18.6 Å². The van der Waals surface area contributed by atoms with Crippen LogP contribution < -0.4 is 5.73 Å². The monoisotopic (exact) mass is 216 g/mol. The molecule has 0 spiro atoms. The summed E-state index contributed by atoms with van der Waals surface area (Å²) in [6.07, 6.45) is 1.97. The van der Waals surface area contributed by atoms with Crippen LogP contribution in [0.15, 0.2) is 30.3 Å². The normalized spacial score (nSPS) is 10.6. The van der Waals surface area contributed by atoms with Gasteiger partial charge in [0.05, 0.1) is 6.54 Å². The van der Waals surface area contributed by atoms with Gasteiger partial charge in [-0.1, -0.05) is 25.1 Å². The molecule has 2 aromatic rings. The second-order valence-electron chi connectivity index (χ2n) is 3.66. The summed E-state index contributed by atoms with van der Waals surface area (Å²) in [4.78, 5) is 0. The minimum absolute atomic E-state index is 0.408. The van der Waals surface area contributed by atoms with Gasteiger partial charge in [0.15, 0.2) is 5.82 Å². The molecule has 0 atom stereocenters. The lowest BCUT2D eigenvalue weighted by Crippen LogP contribution is -2.09. The lowest BCUT2D eigenvalue weighted by molar-refractivity contribution is 0.785. The fourth-order valence-corrected chi connectivity index (χ4v) is 1.75. The Morgan fingerprint density at radius 2 is 1.81 bits per heavy atom. The molecule has 84 valence electrons. The van der Waals surface area contributed by atoms with Crippen LogP contribution in [0.3, 0.4) is 0 Å². The predicted molar refractivity (Wildman–Crippen MR) is 63.2 cm³/mol. The van der Waals surface area contributed by atoms with Crippen LogP contribution in [-0.2, 0) is 13.0 Å². The molecule has 0 amide bonds. The molecule has 4 nitrogen and oxygen atoms in total. The number of nitrogens with zero attached hydrogens (tertiary/aromatic N) is 3. The highest BCUT2D eigenvalue weighted by Gasteiger charge is 2.11. The summed E-state index contributed by atoms with van der Waals surface area (Å²) in [5, 5.41) is 8.30. The largest absolute Gasteiger partial charge is 0.324 e. The Morgan fingerprint density at radius 1 is 1.12 bits per heavy atom. The fraction of sp³-hybridized carbons (Fsp3) is 0.333. The summed E-state index contributed by atoms with van der Waals surface area (Å²) < 4.78 is 2.05. The third kappa shape index (κ3) is 1.97. The Bertz CT molecular complexity index is 447. The van der Waals surface area contributed by atoms with E-state index >= 15 is 0 Å². The summed E-state index contributed by atoms with van der Waals surface area (Å²) in [6.45, 7) is 2.54. The van der Waals surface area contributed by atoms with E-state index in [-0.39, 0.29) is 0 Å². The minimum Gasteiger partial charge on any atom is -0.324 e. The van der Waals surface area contributed by atoms with Crippen LogP contribution in [0.2, 0.25) is 0 Å². The van der Waals surface area contributed by atoms with E-state index in [9.17, 15) is 0 Å². The molecule has 0 aliphatic carbocycles. The molecule has 4 heteroatoms. The molecular weight excluding hydrogens is 200 g/mol. The van der Waals surface area contributed by atoms with E-state index in [2.05, 4.69) is 17.1 Å². The Labute approximate surface area is 95.1 Å². The van der Waals surface area contributed by atoms with Gasteiger partial charge < -0.3 is 5.73 Å². The molecular formula is C12H16N4. The number of hydrogen-bond acceptors (Lipinski definition) is 3. The predicted octanol–water partition coefficient (Wildman–Crippen LogP) is 1.68. The van der Waals surface area contributed by atoms with E-state index in [1.165, 1.54) is 0 Å². The number of nitrogens with two attached hydrogens (primary N) is 1. The SMILES string of the molecule is CCCc1nnc(CN)n1-c1ccccc1. The molecule has 1 heterocycles. The fourth-order valence-electron chi connectivity index (χ4n) is 1.75. The maximum atomic E-state index is 5.67. The molecule has 2 N–H and O–H groups in total. The molecule has 0 saturated heterocycles. The smallest absolute Gasteiger partial charge is 0.151 e. The summed E-state index contributed by atoms with van der Waals surface area (Å²) >= 11 is 0. The van der Waals surface area contributed by atoms with Crippen molar-refractivity contribution in [3.63, 3.8) is 0 Å². The van der Waals surface area contributed by atoms with Crippen LogP contribution in [0.1, 0.15) is 25.0 Å². The average molecular weight is 216 g/mol. The van der Waals surface area contributed by atoms with Crippen LogP contribution in [-0.4, -0.2) is 14.8 Å². The Hall–Kier alpha value is -1.68. The van der Waals surface area contributed by atoms with Gasteiger partial charge in [0, 0.05) is 12.1 Å². The van der Waals surface area contributed by atoms with Crippen LogP contribution >= 0.6 is 0 Å². The first-order valence-corrected chi connectivity index (χ1v) is 5.55. The lowest BCUT2D eigenvalue weighted by Gasteiger charge is -2.08. The van der Waals surface area contributed by atoms with Crippen molar-refractivity contribution in [2.45, 2.75) is 26.3 Å². The molecule has 0 saturated carbocycles. The molecule has 0 unspecified atom stereocenters. The topological polar surface area (TPSA) is 56.7 Å². The van der Waals surface area contributed by atoms with Crippen LogP contribution in [0.4, 0.5) is 0 Å². The van der Waals surface area contributed by atoms with E-state index in [1.807, 2.05) is 34.9 Å². The van der Waals surface area contributed by atoms with Gasteiger partial charge in [-0.25, -0.2) is 0 Å². The molecule has 2 rings (SSSR count). The van der Waals surface area contributed by atoms with Gasteiger partial charge in [0.1, 0.15) is 5.82 Å². The van der Waals surface area contributed by atoms with Crippen molar-refractivity contribution < 1.29 is 0 Å². The van der Waals surface area contributed by atoms with E-state index < -0.39 is 0 Å². The maximum Gasteiger partial charge on any atom is 0.151 e. The van der Waals surface area contributed by atoms with Gasteiger partial charge in [0.2, 0.25) is 0 Å². The summed E-state index contributed by atoms with van der Waals surface area (Å²) in [5.74, 6) is 1.80. The van der Waals surface area contributed by atoms with Crippen LogP contribution in [0.5, 0.6) is 0 Å². The van der Waals surface area contributed by atoms with Crippen molar-refractivity contribution in [3.05, 3.63) is 42.0 Å². The van der Waals surface area contributed by atoms with E-state index in [0.29, 0.717) is 6.54 Å². The van der Waals surface area contributed by atoms with Crippen molar-refractivity contribution in [3.8, 4) is 5.69 Å². The number of benzene rings is 1. The molecule has 1 aromatic carbocycles. The number of rotatable bonds is 4. The van der Waals surface area contributed by atoms with Crippen LogP contribution in [0.25, 0.3) is 5.69 Å². The quantitative estimate of drug-likeness (QED) is 0.846. The van der Waals surface area contributed by atoms with Crippen molar-refractivity contribution >= 4 is 0 Å². The first-order valence-electron chi connectivity index (χ1n) is 5.55. The Balaban J connectivity index is 2.48. The van der Waals surface area contributed by atoms with Gasteiger partial charge >= 0.3 is 0 Å². The molecule has 0 radical (unpaired) electrons. The van der Waals surface area contributed by atoms with Gasteiger partial charge in [-0.15, -0.1) is 10.2 Å². The van der Waals surface area contributed by atoms with Gasteiger partial charge in [-0.2, -0.15) is 0 Å². The lowest BCUT2D eigenvalue weighted by atomic mass is 10.2. The van der Waals surface area contributed by atoms with Crippen molar-refractivity contribution in [2.75, 3.05) is 0 Å². The minimum atomic E-state index is 0.408. The van der Waals surface area contributed by atoms with Crippen LogP contribution in [0, 0.1) is 0 Å². The van der Waals surface area contributed by atoms with E-state index in [0.717, 1.165) is 30.2 Å². The molecule has 0 fully saturated rings. The van der Waals surface area contributed by atoms with Crippen molar-refractivity contribution in [1.82, 2.24) is 14.8 Å². The second kappa shape index (κ2) is 4.90. The molecule has 16 heavy (non-hydrogen) atoms. The first-order chi connectivity index (χ1) is 7.86. The standard InChI is InChI=1S/C12H16N4/c1-2-6-11-14-15-12(9-13)16(11)10-7-4-3-5-8-10/h3-5,7-8H,2,6,9,13H2,1H3. The van der Waals surface area contributed by atoms with Gasteiger partial charge in [0.25, 0.3) is 0 Å². The van der Waals surface area contributed by atoms with Crippen molar-refractivity contribution in [2.24, 2.45) is 5.73 Å². The average Bonchev–Trinajstić information content (AvgIpc) is 2.74. The molecule has 0 aliphatic heterocycles. The number of hydrogen-bond donors (Lipinski definition) is 1. The summed E-state index contributed by atoms with van der Waals surface area (Å²) in [7, 11) is 0. The summed E-state index contributed by atoms with van der Waals surface area (Å²) in [5.41, 5.74) is 6.75. The maximum absolute atomic E-state index is 5.67. The Kier molecular flexibility index (Phi) is 3.31. The van der Waals surface area contributed by atoms with Gasteiger partial charge in [-0.3, -0.25) is 4.57 Å². The highest BCUT2D eigenvalue weighted by molar-refractivity contribution is 5.33. The third-order valence-corrected chi connectivity index (χ3v) is 2.47. The Morgan fingerprint density at radius 3 is 2.44 bits per heavy atom. The summed E-state index contributed by atoms with van der Waals surface area (Å²) in [6, 6.07) is 10.1. The number of aromatic nitrogens is 3. The molecule has 0 bridgehead atoms. The molecule has 0 aliphatic rings. The highest BCUT2D eigenvalue weighted by Crippen LogP contribution is 2.13. The highest BCUT2D eigenvalue weighted by atomic mass is 15.3. The second-order valence-corrected chi connectivity index (χ2v) is 3.66. The first kappa shape index (κ1) is 10.8. The number of aryl methyl sites for hydroxylation is 1. The zero-order valence-electron chi connectivity index (χ0n) is 9.43. The number of para-hydroxylation sites is 1. The zero-order chi connectivity index (χ0) is 11.4. The van der Waals surface area contributed by atoms with Crippen molar-refractivity contribution in [1.29, 1.82) is 0 Å². The van der Waals surface area contributed by atoms with E-state index in [4.69, 9.17) is 5.73 Å². The third-order valence-electron chi connectivity index (χ3n) is 2.47. The zero-order valence-corrected chi connectivity index (χ0v) is 9.43.